The van der Waals surface area contributed by atoms with Gasteiger partial charge in [0.15, 0.2) is 0 Å². The molecule has 1 heterocycles. The SMILES string of the molecule is NCCOc1ccc(NC(=O)c2ccc(Br)s2)cc1. The predicted octanol–water partition coefficient (Wildman–Crippen LogP) is 3.10. The van der Waals surface area contributed by atoms with Crippen molar-refractivity contribution >= 4 is 38.9 Å². The van der Waals surface area contributed by atoms with Gasteiger partial charge in [-0.25, -0.2) is 0 Å². The first-order chi connectivity index (χ1) is 9.19. The number of hydrogen-bond acceptors (Lipinski definition) is 4. The Bertz CT molecular complexity index is 554. The van der Waals surface area contributed by atoms with Crippen LogP contribution in [-0.4, -0.2) is 19.1 Å². The van der Waals surface area contributed by atoms with E-state index in [1.165, 1.54) is 11.3 Å². The van der Waals surface area contributed by atoms with E-state index in [1.807, 2.05) is 6.07 Å². The number of carbonyl (C=O) groups is 1. The van der Waals surface area contributed by atoms with Gasteiger partial charge < -0.3 is 15.8 Å². The highest BCUT2D eigenvalue weighted by molar-refractivity contribution is 9.11. The molecular formula is C13H13BrN2O2S. The van der Waals surface area contributed by atoms with Crippen molar-refractivity contribution in [3.05, 3.63) is 45.1 Å². The molecule has 0 saturated carbocycles. The molecule has 0 radical (unpaired) electrons. The van der Waals surface area contributed by atoms with E-state index in [4.69, 9.17) is 10.5 Å². The third-order valence-electron chi connectivity index (χ3n) is 2.30. The van der Waals surface area contributed by atoms with Crippen LogP contribution in [0.3, 0.4) is 0 Å². The fourth-order valence-corrected chi connectivity index (χ4v) is 2.72. The maximum absolute atomic E-state index is 11.9. The molecule has 100 valence electrons. The van der Waals surface area contributed by atoms with Gasteiger partial charge in [0.2, 0.25) is 0 Å². The van der Waals surface area contributed by atoms with E-state index >= 15 is 0 Å². The summed E-state index contributed by atoms with van der Waals surface area (Å²) < 4.78 is 6.29. The van der Waals surface area contributed by atoms with Crippen LogP contribution in [0, 0.1) is 0 Å². The second-order valence-corrected chi connectivity index (χ2v) is 6.18. The molecule has 0 unspecified atom stereocenters. The highest BCUT2D eigenvalue weighted by atomic mass is 79.9. The number of amides is 1. The highest BCUT2D eigenvalue weighted by Crippen LogP contribution is 2.23. The summed E-state index contributed by atoms with van der Waals surface area (Å²) in [5.74, 6) is 0.619. The summed E-state index contributed by atoms with van der Waals surface area (Å²) in [6, 6.07) is 10.8. The zero-order chi connectivity index (χ0) is 13.7. The van der Waals surface area contributed by atoms with E-state index < -0.39 is 0 Å². The minimum Gasteiger partial charge on any atom is -0.492 e. The average molecular weight is 341 g/mol. The third kappa shape index (κ3) is 4.05. The molecular weight excluding hydrogens is 328 g/mol. The zero-order valence-corrected chi connectivity index (χ0v) is 12.5. The van der Waals surface area contributed by atoms with Gasteiger partial charge in [0.05, 0.1) is 8.66 Å². The van der Waals surface area contributed by atoms with Gasteiger partial charge in [0.1, 0.15) is 12.4 Å². The van der Waals surface area contributed by atoms with Crippen molar-refractivity contribution in [2.24, 2.45) is 5.73 Å². The van der Waals surface area contributed by atoms with Crippen molar-refractivity contribution < 1.29 is 9.53 Å². The van der Waals surface area contributed by atoms with Gasteiger partial charge in [-0.15, -0.1) is 11.3 Å². The lowest BCUT2D eigenvalue weighted by molar-refractivity contribution is 0.103. The van der Waals surface area contributed by atoms with Crippen molar-refractivity contribution in [3.8, 4) is 5.75 Å². The normalized spacial score (nSPS) is 10.2. The van der Waals surface area contributed by atoms with E-state index in [0.717, 1.165) is 15.2 Å². The number of ether oxygens (including phenoxy) is 1. The first-order valence-corrected chi connectivity index (χ1v) is 7.29. The van der Waals surface area contributed by atoms with E-state index in [2.05, 4.69) is 21.2 Å². The molecule has 1 aromatic carbocycles. The summed E-state index contributed by atoms with van der Waals surface area (Å²) in [5.41, 5.74) is 6.08. The van der Waals surface area contributed by atoms with Gasteiger partial charge in [-0.05, 0) is 52.3 Å². The molecule has 6 heteroatoms. The van der Waals surface area contributed by atoms with Gasteiger partial charge in [0, 0.05) is 12.2 Å². The van der Waals surface area contributed by atoms with Crippen LogP contribution in [0.4, 0.5) is 5.69 Å². The summed E-state index contributed by atoms with van der Waals surface area (Å²) in [6.45, 7) is 0.959. The molecule has 2 aromatic rings. The van der Waals surface area contributed by atoms with Crippen LogP contribution in [0.15, 0.2) is 40.2 Å². The average Bonchev–Trinajstić information content (AvgIpc) is 2.85. The zero-order valence-electron chi connectivity index (χ0n) is 10.1. The van der Waals surface area contributed by atoms with Crippen LogP contribution >= 0.6 is 27.3 Å². The number of anilines is 1. The van der Waals surface area contributed by atoms with Crippen LogP contribution in [0.5, 0.6) is 5.75 Å². The first kappa shape index (κ1) is 14.0. The van der Waals surface area contributed by atoms with Crippen LogP contribution in [0.1, 0.15) is 9.67 Å². The van der Waals surface area contributed by atoms with Crippen molar-refractivity contribution in [1.82, 2.24) is 0 Å². The molecule has 2 rings (SSSR count). The molecule has 1 amide bonds. The summed E-state index contributed by atoms with van der Waals surface area (Å²) in [4.78, 5) is 12.6. The van der Waals surface area contributed by atoms with E-state index in [1.54, 1.807) is 30.3 Å². The Morgan fingerprint density at radius 3 is 2.58 bits per heavy atom. The molecule has 0 aliphatic heterocycles. The number of nitrogens with two attached hydrogens (primary N) is 1. The lowest BCUT2D eigenvalue weighted by atomic mass is 10.3. The Morgan fingerprint density at radius 1 is 1.26 bits per heavy atom. The number of halogens is 1. The molecule has 0 fully saturated rings. The first-order valence-electron chi connectivity index (χ1n) is 5.68. The smallest absolute Gasteiger partial charge is 0.265 e. The summed E-state index contributed by atoms with van der Waals surface area (Å²) in [5, 5.41) is 2.83. The van der Waals surface area contributed by atoms with Gasteiger partial charge in [0.25, 0.3) is 5.91 Å². The second-order valence-electron chi connectivity index (χ2n) is 3.72. The number of hydrogen-bond donors (Lipinski definition) is 2. The van der Waals surface area contributed by atoms with Crippen molar-refractivity contribution in [2.45, 2.75) is 0 Å². The van der Waals surface area contributed by atoms with Crippen molar-refractivity contribution in [1.29, 1.82) is 0 Å². The number of rotatable bonds is 5. The summed E-state index contributed by atoms with van der Waals surface area (Å²) >= 11 is 4.73. The van der Waals surface area contributed by atoms with Crippen LogP contribution in [-0.2, 0) is 0 Å². The Hall–Kier alpha value is -1.37. The molecule has 0 spiro atoms. The molecule has 0 aliphatic carbocycles. The molecule has 0 aliphatic rings. The lowest BCUT2D eigenvalue weighted by Gasteiger charge is -2.06. The van der Waals surface area contributed by atoms with Gasteiger partial charge in [-0.1, -0.05) is 0 Å². The van der Waals surface area contributed by atoms with Gasteiger partial charge >= 0.3 is 0 Å². The maximum Gasteiger partial charge on any atom is 0.265 e. The minimum atomic E-state index is -0.119. The molecule has 19 heavy (non-hydrogen) atoms. The lowest BCUT2D eigenvalue weighted by Crippen LogP contribution is -2.11. The van der Waals surface area contributed by atoms with Crippen LogP contribution < -0.4 is 15.8 Å². The number of nitrogens with one attached hydrogen (secondary N) is 1. The molecule has 3 N–H and O–H groups in total. The monoisotopic (exact) mass is 340 g/mol. The predicted molar refractivity (Wildman–Crippen MR) is 81.0 cm³/mol. The Morgan fingerprint density at radius 2 is 2.00 bits per heavy atom. The summed E-state index contributed by atoms with van der Waals surface area (Å²) in [6.07, 6.45) is 0. The second kappa shape index (κ2) is 6.70. The third-order valence-corrected chi connectivity index (χ3v) is 3.92. The molecule has 0 bridgehead atoms. The van der Waals surface area contributed by atoms with E-state index in [0.29, 0.717) is 18.0 Å². The topological polar surface area (TPSA) is 64.3 Å². The van der Waals surface area contributed by atoms with Gasteiger partial charge in [-0.3, -0.25) is 4.79 Å². The summed E-state index contributed by atoms with van der Waals surface area (Å²) in [7, 11) is 0. The molecule has 1 aromatic heterocycles. The fourth-order valence-electron chi connectivity index (χ4n) is 1.44. The minimum absolute atomic E-state index is 0.119. The number of benzene rings is 1. The number of carbonyl (C=O) groups excluding carboxylic acids is 1. The number of thiophene rings is 1. The Labute approximate surface area is 123 Å². The quantitative estimate of drug-likeness (QED) is 0.878. The maximum atomic E-state index is 11.9. The molecule has 4 nitrogen and oxygen atoms in total. The Balaban J connectivity index is 1.97. The molecule has 0 atom stereocenters. The standard InChI is InChI=1S/C13H13BrN2O2S/c14-12-6-5-11(19-12)13(17)16-9-1-3-10(4-2-9)18-8-7-15/h1-6H,7-8,15H2,(H,16,17). The van der Waals surface area contributed by atoms with Crippen molar-refractivity contribution in [3.63, 3.8) is 0 Å². The van der Waals surface area contributed by atoms with Gasteiger partial charge in [-0.2, -0.15) is 0 Å². The largest absolute Gasteiger partial charge is 0.492 e. The highest BCUT2D eigenvalue weighted by Gasteiger charge is 2.08. The van der Waals surface area contributed by atoms with Crippen molar-refractivity contribution in [2.75, 3.05) is 18.5 Å². The van der Waals surface area contributed by atoms with E-state index in [9.17, 15) is 4.79 Å². The fraction of sp³-hybridized carbons (Fsp3) is 0.154. The van der Waals surface area contributed by atoms with E-state index in [-0.39, 0.29) is 5.91 Å². The van der Waals surface area contributed by atoms with Crippen LogP contribution in [0.25, 0.3) is 0 Å². The Kier molecular flexibility index (Phi) is 4.95. The molecule has 0 saturated heterocycles. The van der Waals surface area contributed by atoms with Crippen LogP contribution in [0.2, 0.25) is 0 Å².